The summed E-state index contributed by atoms with van der Waals surface area (Å²) >= 11 is 0. The molecule has 0 bridgehead atoms. The Morgan fingerprint density at radius 3 is 1.67 bits per heavy atom. The zero-order chi connectivity index (χ0) is 17.9. The minimum absolute atomic E-state index is 0.189. The molecule has 2 rings (SSSR count). The second kappa shape index (κ2) is 9.94. The highest BCUT2D eigenvalue weighted by Gasteiger charge is 2.03. The van der Waals surface area contributed by atoms with Crippen molar-refractivity contribution >= 4 is 11.5 Å². The first kappa shape index (κ1) is 19.1. The van der Waals surface area contributed by atoms with Crippen LogP contribution in [0.25, 0.3) is 5.70 Å². The Balaban J connectivity index is 0.00000139. The van der Waals surface area contributed by atoms with E-state index in [1.54, 1.807) is 55.6 Å². The summed E-state index contributed by atoms with van der Waals surface area (Å²) in [4.78, 5) is 4.11. The van der Waals surface area contributed by atoms with Gasteiger partial charge in [0.05, 0.1) is 5.70 Å². The lowest BCUT2D eigenvalue weighted by Gasteiger charge is -2.02. The second-order valence-electron chi connectivity index (χ2n) is 4.51. The zero-order valence-corrected chi connectivity index (χ0v) is 14.4. The lowest BCUT2D eigenvalue weighted by atomic mass is 10.1. The summed E-state index contributed by atoms with van der Waals surface area (Å²) in [6.07, 6.45) is 1.83. The third-order valence-corrected chi connectivity index (χ3v) is 3.03. The molecule has 0 saturated heterocycles. The molecule has 2 aromatic rings. The van der Waals surface area contributed by atoms with Crippen molar-refractivity contribution in [1.82, 2.24) is 0 Å². The first-order chi connectivity index (χ1) is 11.6. The van der Waals surface area contributed by atoms with Crippen LogP contribution < -0.4 is 0 Å². The fraction of sp³-hybridized carbons (Fsp3) is 0.211. The number of hydrogen-bond donors (Lipinski definition) is 2. The van der Waals surface area contributed by atoms with Gasteiger partial charge in [0.2, 0.25) is 0 Å². The molecule has 126 valence electrons. The third-order valence-electron chi connectivity index (χ3n) is 3.03. The average molecular weight is 325 g/mol. The SMILES string of the molecule is C/C=C(\N=NC(=NC)c1ccc(O)cc1)c1ccc(O)cc1.CC. The van der Waals surface area contributed by atoms with Crippen LogP contribution in [0.15, 0.2) is 69.8 Å². The summed E-state index contributed by atoms with van der Waals surface area (Å²) in [6, 6.07) is 13.4. The van der Waals surface area contributed by atoms with Crippen molar-refractivity contribution in [3.8, 4) is 11.5 Å². The molecule has 2 aromatic carbocycles. The molecular weight excluding hydrogens is 302 g/mol. The van der Waals surface area contributed by atoms with E-state index >= 15 is 0 Å². The van der Waals surface area contributed by atoms with Crippen molar-refractivity contribution in [1.29, 1.82) is 0 Å². The summed E-state index contributed by atoms with van der Waals surface area (Å²) in [5.41, 5.74) is 2.30. The Morgan fingerprint density at radius 2 is 1.25 bits per heavy atom. The van der Waals surface area contributed by atoms with E-state index in [9.17, 15) is 10.2 Å². The van der Waals surface area contributed by atoms with Gasteiger partial charge in [0.25, 0.3) is 0 Å². The molecule has 0 spiro atoms. The van der Waals surface area contributed by atoms with Gasteiger partial charge < -0.3 is 10.2 Å². The van der Waals surface area contributed by atoms with E-state index in [2.05, 4.69) is 15.2 Å². The Labute approximate surface area is 142 Å². The molecule has 0 saturated carbocycles. The van der Waals surface area contributed by atoms with Crippen LogP contribution in [0.3, 0.4) is 0 Å². The normalized spacial score (nSPS) is 12.0. The summed E-state index contributed by atoms with van der Waals surface area (Å²) in [6.45, 7) is 5.87. The smallest absolute Gasteiger partial charge is 0.176 e. The van der Waals surface area contributed by atoms with Crippen LogP contribution in [0.4, 0.5) is 0 Å². The van der Waals surface area contributed by atoms with E-state index in [4.69, 9.17) is 0 Å². The Kier molecular flexibility index (Phi) is 7.91. The predicted molar refractivity (Wildman–Crippen MR) is 98.5 cm³/mol. The molecule has 0 amide bonds. The number of rotatable bonds is 3. The molecular formula is C19H23N3O2. The Bertz CT molecular complexity index is 652. The molecule has 5 heteroatoms. The number of hydrogen-bond acceptors (Lipinski definition) is 4. The molecule has 0 unspecified atom stereocenters. The number of amidine groups is 1. The highest BCUT2D eigenvalue weighted by molar-refractivity contribution is 5.99. The van der Waals surface area contributed by atoms with Crippen molar-refractivity contribution in [3.05, 3.63) is 65.7 Å². The topological polar surface area (TPSA) is 77.5 Å². The number of nitrogens with zero attached hydrogens (tertiary/aromatic N) is 3. The van der Waals surface area contributed by atoms with Gasteiger partial charge in [-0.25, -0.2) is 0 Å². The lowest BCUT2D eigenvalue weighted by Crippen LogP contribution is -1.95. The van der Waals surface area contributed by atoms with Gasteiger partial charge in [-0.1, -0.05) is 19.9 Å². The average Bonchev–Trinajstić information content (AvgIpc) is 2.63. The fourth-order valence-corrected chi connectivity index (χ4v) is 1.86. The van der Waals surface area contributed by atoms with Gasteiger partial charge in [0.15, 0.2) is 5.84 Å². The van der Waals surface area contributed by atoms with Crippen molar-refractivity contribution in [2.75, 3.05) is 7.05 Å². The van der Waals surface area contributed by atoms with Gasteiger partial charge >= 0.3 is 0 Å². The van der Waals surface area contributed by atoms with Gasteiger partial charge in [-0.05, 0) is 55.5 Å². The standard InChI is InChI=1S/C17H17N3O2.C2H6/c1-3-16(12-4-8-14(21)9-5-12)19-20-17(18-2)13-6-10-15(22)11-7-13;1-2/h3-11,21-22H,1-2H3;1-2H3/b16-3-,18-17?,20-19?;. The van der Waals surface area contributed by atoms with Gasteiger partial charge in [0, 0.05) is 18.2 Å². The first-order valence-electron chi connectivity index (χ1n) is 7.77. The van der Waals surface area contributed by atoms with E-state index in [1.165, 1.54) is 0 Å². The maximum Gasteiger partial charge on any atom is 0.176 e. The maximum absolute atomic E-state index is 9.33. The van der Waals surface area contributed by atoms with Crippen LogP contribution in [-0.4, -0.2) is 23.1 Å². The minimum Gasteiger partial charge on any atom is -0.508 e. The summed E-state index contributed by atoms with van der Waals surface area (Å²) < 4.78 is 0. The number of benzene rings is 2. The van der Waals surface area contributed by atoms with Gasteiger partial charge in [-0.3, -0.25) is 4.99 Å². The Morgan fingerprint density at radius 1 is 0.792 bits per heavy atom. The van der Waals surface area contributed by atoms with E-state index in [0.717, 1.165) is 11.1 Å². The van der Waals surface area contributed by atoms with Crippen LogP contribution in [0.2, 0.25) is 0 Å². The van der Waals surface area contributed by atoms with Gasteiger partial charge in [0.1, 0.15) is 11.5 Å². The van der Waals surface area contributed by atoms with Crippen LogP contribution in [0.1, 0.15) is 31.9 Å². The quantitative estimate of drug-likeness (QED) is 0.472. The lowest BCUT2D eigenvalue weighted by molar-refractivity contribution is 0.474. The van der Waals surface area contributed by atoms with Gasteiger partial charge in [-0.2, -0.15) is 0 Å². The Hall–Kier alpha value is -2.95. The van der Waals surface area contributed by atoms with E-state index in [-0.39, 0.29) is 11.5 Å². The maximum atomic E-state index is 9.33. The number of phenolic OH excluding ortho intramolecular Hbond substituents is 2. The highest BCUT2D eigenvalue weighted by Crippen LogP contribution is 2.20. The molecule has 0 aliphatic rings. The van der Waals surface area contributed by atoms with Crippen LogP contribution >= 0.6 is 0 Å². The molecule has 0 aliphatic carbocycles. The molecule has 0 heterocycles. The monoisotopic (exact) mass is 325 g/mol. The molecule has 0 fully saturated rings. The number of azo groups is 1. The highest BCUT2D eigenvalue weighted by atomic mass is 16.3. The minimum atomic E-state index is 0.189. The fourth-order valence-electron chi connectivity index (χ4n) is 1.86. The van der Waals surface area contributed by atoms with Crippen molar-refractivity contribution in [2.24, 2.45) is 15.2 Å². The molecule has 5 nitrogen and oxygen atoms in total. The van der Waals surface area contributed by atoms with Crippen LogP contribution in [-0.2, 0) is 0 Å². The second-order valence-corrected chi connectivity index (χ2v) is 4.51. The predicted octanol–water partition coefficient (Wildman–Crippen LogP) is 5.01. The van der Waals surface area contributed by atoms with E-state index in [0.29, 0.717) is 11.5 Å². The van der Waals surface area contributed by atoms with Crippen molar-refractivity contribution in [3.63, 3.8) is 0 Å². The summed E-state index contributed by atoms with van der Waals surface area (Å²) in [7, 11) is 1.64. The molecule has 0 atom stereocenters. The van der Waals surface area contributed by atoms with Crippen LogP contribution in [0.5, 0.6) is 11.5 Å². The zero-order valence-electron chi connectivity index (χ0n) is 14.4. The number of aromatic hydroxyl groups is 2. The van der Waals surface area contributed by atoms with E-state index < -0.39 is 0 Å². The number of allylic oxidation sites excluding steroid dienone is 1. The largest absolute Gasteiger partial charge is 0.508 e. The van der Waals surface area contributed by atoms with Crippen molar-refractivity contribution in [2.45, 2.75) is 20.8 Å². The summed E-state index contributed by atoms with van der Waals surface area (Å²) in [5, 5.41) is 27.0. The molecule has 0 radical (unpaired) electrons. The molecule has 2 N–H and O–H groups in total. The van der Waals surface area contributed by atoms with Crippen LogP contribution in [0, 0.1) is 0 Å². The molecule has 0 aliphatic heterocycles. The first-order valence-corrected chi connectivity index (χ1v) is 7.77. The number of aliphatic imine (C=N–C) groups is 1. The molecule has 24 heavy (non-hydrogen) atoms. The third kappa shape index (κ3) is 5.35. The van der Waals surface area contributed by atoms with Gasteiger partial charge in [-0.15, -0.1) is 10.2 Å². The molecule has 0 aromatic heterocycles. The van der Waals surface area contributed by atoms with E-state index in [1.807, 2.05) is 26.8 Å². The van der Waals surface area contributed by atoms with Crippen molar-refractivity contribution < 1.29 is 10.2 Å². The number of phenols is 2. The summed E-state index contributed by atoms with van der Waals surface area (Å²) in [5.74, 6) is 0.864.